The third kappa shape index (κ3) is 5.56. The highest BCUT2D eigenvalue weighted by molar-refractivity contribution is 7.11. The summed E-state index contributed by atoms with van der Waals surface area (Å²) in [5, 5.41) is 7.79. The lowest BCUT2D eigenvalue weighted by Gasteiger charge is -2.12. The first-order valence-electron chi connectivity index (χ1n) is 7.76. The molecule has 23 heavy (non-hydrogen) atoms. The average molecular weight is 332 g/mol. The molecule has 0 spiro atoms. The molecule has 1 heterocycles. The van der Waals surface area contributed by atoms with Crippen molar-refractivity contribution in [1.29, 1.82) is 0 Å². The van der Waals surface area contributed by atoms with Gasteiger partial charge in [-0.05, 0) is 24.1 Å². The van der Waals surface area contributed by atoms with Crippen LogP contribution in [-0.2, 0) is 19.4 Å². The Morgan fingerprint density at radius 2 is 2.22 bits per heavy atom. The molecular weight excluding hydrogens is 308 g/mol. The zero-order valence-corrected chi connectivity index (χ0v) is 14.7. The minimum atomic E-state index is 0.702. The monoisotopic (exact) mass is 332 g/mol. The number of methoxy groups -OCH3 is 1. The number of guanidine groups is 1. The van der Waals surface area contributed by atoms with E-state index in [1.54, 1.807) is 25.5 Å². The van der Waals surface area contributed by atoms with E-state index in [-0.39, 0.29) is 0 Å². The molecule has 6 heteroatoms. The summed E-state index contributed by atoms with van der Waals surface area (Å²) >= 11 is 1.78. The summed E-state index contributed by atoms with van der Waals surface area (Å²) in [6.45, 7) is 3.67. The number of aliphatic imine (C=N–C) groups is 1. The number of aryl methyl sites for hydroxylation is 1. The van der Waals surface area contributed by atoms with Crippen LogP contribution < -0.4 is 15.4 Å². The van der Waals surface area contributed by atoms with Crippen molar-refractivity contribution in [3.63, 3.8) is 0 Å². The van der Waals surface area contributed by atoms with Crippen molar-refractivity contribution in [1.82, 2.24) is 15.6 Å². The Kier molecular flexibility index (Phi) is 6.87. The van der Waals surface area contributed by atoms with Crippen LogP contribution in [0.1, 0.15) is 22.4 Å². The van der Waals surface area contributed by atoms with Crippen LogP contribution in [0.4, 0.5) is 0 Å². The molecule has 2 aromatic rings. The Bertz CT molecular complexity index is 639. The molecule has 5 nitrogen and oxygen atoms in total. The van der Waals surface area contributed by atoms with Gasteiger partial charge in [0.2, 0.25) is 0 Å². The van der Waals surface area contributed by atoms with Gasteiger partial charge >= 0.3 is 0 Å². The summed E-state index contributed by atoms with van der Waals surface area (Å²) in [4.78, 5) is 10.0. The number of nitrogens with one attached hydrogen (secondary N) is 2. The average Bonchev–Trinajstić information content (AvgIpc) is 3.06. The van der Waals surface area contributed by atoms with Crippen molar-refractivity contribution in [3.05, 3.63) is 45.9 Å². The van der Waals surface area contributed by atoms with Crippen LogP contribution in [0.2, 0.25) is 0 Å². The molecule has 1 aromatic carbocycles. The number of rotatable bonds is 7. The van der Waals surface area contributed by atoms with E-state index in [1.165, 1.54) is 4.88 Å². The van der Waals surface area contributed by atoms with Gasteiger partial charge in [0.15, 0.2) is 5.96 Å². The van der Waals surface area contributed by atoms with Crippen LogP contribution in [0.3, 0.4) is 0 Å². The van der Waals surface area contributed by atoms with Crippen LogP contribution >= 0.6 is 11.3 Å². The number of ether oxygens (including phenoxy) is 1. The van der Waals surface area contributed by atoms with Gasteiger partial charge in [-0.2, -0.15) is 0 Å². The number of nitrogens with zero attached hydrogens (tertiary/aromatic N) is 2. The zero-order valence-electron chi connectivity index (χ0n) is 13.9. The lowest BCUT2D eigenvalue weighted by atomic mass is 10.2. The van der Waals surface area contributed by atoms with Crippen molar-refractivity contribution < 1.29 is 4.74 Å². The van der Waals surface area contributed by atoms with Crippen LogP contribution in [-0.4, -0.2) is 31.6 Å². The maximum Gasteiger partial charge on any atom is 0.191 e. The van der Waals surface area contributed by atoms with Gasteiger partial charge in [-0.15, -0.1) is 11.3 Å². The smallest absolute Gasteiger partial charge is 0.191 e. The van der Waals surface area contributed by atoms with Gasteiger partial charge in [-0.1, -0.05) is 19.1 Å². The third-order valence-electron chi connectivity index (χ3n) is 3.40. The largest absolute Gasteiger partial charge is 0.497 e. The predicted molar refractivity (Wildman–Crippen MR) is 96.4 cm³/mol. The van der Waals surface area contributed by atoms with Gasteiger partial charge in [0.05, 0.1) is 12.1 Å². The molecule has 0 aliphatic heterocycles. The summed E-state index contributed by atoms with van der Waals surface area (Å²) in [5.41, 5.74) is 1.15. The first-order valence-corrected chi connectivity index (χ1v) is 8.57. The van der Waals surface area contributed by atoms with Crippen LogP contribution in [0.25, 0.3) is 0 Å². The Morgan fingerprint density at radius 1 is 1.35 bits per heavy atom. The maximum atomic E-state index is 5.23. The lowest BCUT2D eigenvalue weighted by Crippen LogP contribution is -2.37. The maximum absolute atomic E-state index is 5.23. The molecule has 2 N–H and O–H groups in total. The molecule has 0 unspecified atom stereocenters. The minimum absolute atomic E-state index is 0.702. The van der Waals surface area contributed by atoms with Gasteiger partial charge in [-0.3, -0.25) is 4.99 Å². The highest BCUT2D eigenvalue weighted by Crippen LogP contribution is 2.13. The molecule has 1 aromatic heterocycles. The Hall–Kier alpha value is -2.08. The fraction of sp³-hybridized carbons (Fsp3) is 0.412. The molecule has 0 aliphatic rings. The number of hydrogen-bond donors (Lipinski definition) is 2. The number of aromatic nitrogens is 1. The number of hydrogen-bond acceptors (Lipinski definition) is 4. The van der Waals surface area contributed by atoms with Crippen molar-refractivity contribution >= 4 is 17.3 Å². The van der Waals surface area contributed by atoms with Crippen LogP contribution in [0, 0.1) is 0 Å². The second kappa shape index (κ2) is 9.15. The standard InChI is InChI=1S/C17H24N4OS/c1-4-15-12-20-16(23-15)8-9-19-17(18-2)21-11-13-6-5-7-14(10-13)22-3/h5-7,10,12H,4,8-9,11H2,1-3H3,(H2,18,19,21). The van der Waals surface area contributed by atoms with E-state index in [2.05, 4.69) is 33.6 Å². The van der Waals surface area contributed by atoms with E-state index in [9.17, 15) is 0 Å². The second-order valence-corrected chi connectivity index (χ2v) is 6.23. The Balaban J connectivity index is 1.76. The first kappa shape index (κ1) is 17.3. The summed E-state index contributed by atoms with van der Waals surface area (Å²) in [7, 11) is 3.45. The molecule has 0 bridgehead atoms. The molecule has 0 amide bonds. The predicted octanol–water partition coefficient (Wildman–Crippen LogP) is 2.62. The van der Waals surface area contributed by atoms with Crippen molar-refractivity contribution in [2.45, 2.75) is 26.3 Å². The highest BCUT2D eigenvalue weighted by atomic mass is 32.1. The summed E-state index contributed by atoms with van der Waals surface area (Å²) in [6.07, 6.45) is 3.93. The Labute approximate surface area is 141 Å². The molecule has 0 saturated carbocycles. The summed E-state index contributed by atoms with van der Waals surface area (Å²) in [5.74, 6) is 1.66. The van der Waals surface area contributed by atoms with E-state index in [1.807, 2.05) is 24.4 Å². The molecule has 0 aliphatic carbocycles. The molecule has 2 rings (SSSR count). The van der Waals surface area contributed by atoms with E-state index in [4.69, 9.17) is 4.74 Å². The SMILES string of the molecule is CCc1cnc(CCNC(=NC)NCc2cccc(OC)c2)s1. The normalized spacial score (nSPS) is 11.3. The van der Waals surface area contributed by atoms with Crippen molar-refractivity contribution in [2.24, 2.45) is 4.99 Å². The van der Waals surface area contributed by atoms with Gasteiger partial charge in [0.25, 0.3) is 0 Å². The fourth-order valence-electron chi connectivity index (χ4n) is 2.10. The molecule has 0 fully saturated rings. The van der Waals surface area contributed by atoms with E-state index in [0.29, 0.717) is 6.54 Å². The number of thiazole rings is 1. The minimum Gasteiger partial charge on any atom is -0.497 e. The molecular formula is C17H24N4OS. The third-order valence-corrected chi connectivity index (χ3v) is 4.60. The Morgan fingerprint density at radius 3 is 2.91 bits per heavy atom. The zero-order chi connectivity index (χ0) is 16.5. The molecule has 0 radical (unpaired) electrons. The molecule has 124 valence electrons. The highest BCUT2D eigenvalue weighted by Gasteiger charge is 2.02. The quantitative estimate of drug-likeness (QED) is 0.604. The van der Waals surface area contributed by atoms with Crippen LogP contribution in [0.5, 0.6) is 5.75 Å². The molecule has 0 saturated heterocycles. The summed E-state index contributed by atoms with van der Waals surface area (Å²) in [6, 6.07) is 8.00. The molecule has 0 atom stereocenters. The first-order chi connectivity index (χ1) is 11.2. The summed E-state index contributed by atoms with van der Waals surface area (Å²) < 4.78 is 5.23. The van der Waals surface area contributed by atoms with E-state index in [0.717, 1.165) is 41.7 Å². The van der Waals surface area contributed by atoms with E-state index >= 15 is 0 Å². The van der Waals surface area contributed by atoms with Crippen LogP contribution in [0.15, 0.2) is 35.5 Å². The van der Waals surface area contributed by atoms with Crippen molar-refractivity contribution in [3.8, 4) is 5.75 Å². The second-order valence-electron chi connectivity index (χ2n) is 5.03. The van der Waals surface area contributed by atoms with Crippen molar-refractivity contribution in [2.75, 3.05) is 20.7 Å². The van der Waals surface area contributed by atoms with Gasteiger partial charge in [-0.25, -0.2) is 4.98 Å². The van der Waals surface area contributed by atoms with Gasteiger partial charge in [0, 0.05) is 37.6 Å². The van der Waals surface area contributed by atoms with E-state index < -0.39 is 0 Å². The van der Waals surface area contributed by atoms with Gasteiger partial charge < -0.3 is 15.4 Å². The fourth-order valence-corrected chi connectivity index (χ4v) is 2.97. The topological polar surface area (TPSA) is 58.5 Å². The number of benzene rings is 1. The van der Waals surface area contributed by atoms with Gasteiger partial charge in [0.1, 0.15) is 5.75 Å². The lowest BCUT2D eigenvalue weighted by molar-refractivity contribution is 0.414.